The number of amides is 1. The largest absolute Gasteiger partial charge is 1.00 e. The average Bonchev–Trinajstić information content (AvgIpc) is 2.23. The Hall–Kier alpha value is -1.33. The zero-order chi connectivity index (χ0) is 13.9. The number of quaternary nitrogens is 1. The van der Waals surface area contributed by atoms with Crippen LogP contribution in [-0.2, 0) is 9.59 Å². The molecule has 0 aliphatic carbocycles. The SMILES string of the molecule is C=CC(=O)NCCC[N+](C)(C)C.C=CC(=O)O.[Cl-]. The van der Waals surface area contributed by atoms with Gasteiger partial charge in [0.2, 0.25) is 5.91 Å². The van der Waals surface area contributed by atoms with E-state index in [0.29, 0.717) is 0 Å². The van der Waals surface area contributed by atoms with Crippen molar-refractivity contribution in [3.63, 3.8) is 0 Å². The Morgan fingerprint density at radius 2 is 1.67 bits per heavy atom. The summed E-state index contributed by atoms with van der Waals surface area (Å²) in [7, 11) is 6.40. The van der Waals surface area contributed by atoms with E-state index >= 15 is 0 Å². The van der Waals surface area contributed by atoms with E-state index < -0.39 is 5.97 Å². The van der Waals surface area contributed by atoms with Crippen LogP contribution in [0.4, 0.5) is 0 Å². The summed E-state index contributed by atoms with van der Waals surface area (Å²) in [6.45, 7) is 8.14. The lowest BCUT2D eigenvalue weighted by Crippen LogP contribution is -3.00. The highest BCUT2D eigenvalue weighted by atomic mass is 35.5. The second kappa shape index (κ2) is 12.1. The molecule has 0 unspecified atom stereocenters. The van der Waals surface area contributed by atoms with E-state index in [1.54, 1.807) is 0 Å². The molecule has 0 saturated heterocycles. The molecule has 6 heteroatoms. The molecule has 0 spiro atoms. The number of halogens is 1. The van der Waals surface area contributed by atoms with Crippen molar-refractivity contribution in [2.75, 3.05) is 34.2 Å². The summed E-state index contributed by atoms with van der Waals surface area (Å²) >= 11 is 0. The maximum atomic E-state index is 10.7. The van der Waals surface area contributed by atoms with Crippen molar-refractivity contribution in [3.05, 3.63) is 25.3 Å². The number of carbonyl (C=O) groups excluding carboxylic acids is 1. The van der Waals surface area contributed by atoms with Crippen LogP contribution in [0.5, 0.6) is 0 Å². The van der Waals surface area contributed by atoms with Gasteiger partial charge in [-0.25, -0.2) is 4.79 Å². The van der Waals surface area contributed by atoms with E-state index in [0.717, 1.165) is 30.1 Å². The number of nitrogens with zero attached hydrogens (tertiary/aromatic N) is 1. The molecule has 0 saturated carbocycles. The number of nitrogens with one attached hydrogen (secondary N) is 1. The standard InChI is InChI=1S/C9H18N2O.C3H4O2.ClH/c1-5-9(12)10-7-6-8-11(2,3)4;1-2-3(4)5;/h5H,1,6-8H2,2-4H3;2H,1H2,(H,4,5);1H. The lowest BCUT2D eigenvalue weighted by Gasteiger charge is -2.23. The highest BCUT2D eigenvalue weighted by molar-refractivity contribution is 5.86. The second-order valence-corrected chi connectivity index (χ2v) is 4.40. The minimum absolute atomic E-state index is 0. The molecule has 0 radical (unpaired) electrons. The summed E-state index contributed by atoms with van der Waals surface area (Å²) < 4.78 is 0.934. The van der Waals surface area contributed by atoms with Crippen LogP contribution in [0.2, 0.25) is 0 Å². The molecule has 2 N–H and O–H groups in total. The average molecular weight is 279 g/mol. The molecule has 0 bridgehead atoms. The van der Waals surface area contributed by atoms with Gasteiger partial charge in [-0.15, -0.1) is 0 Å². The molecule has 0 fully saturated rings. The minimum atomic E-state index is -0.981. The molecule has 1 amide bonds. The molecule has 0 aromatic heterocycles. The van der Waals surface area contributed by atoms with E-state index in [9.17, 15) is 9.59 Å². The summed E-state index contributed by atoms with van der Waals surface area (Å²) in [6.07, 6.45) is 3.13. The highest BCUT2D eigenvalue weighted by Gasteiger charge is 2.05. The fourth-order valence-electron chi connectivity index (χ4n) is 0.837. The number of rotatable bonds is 6. The van der Waals surface area contributed by atoms with Gasteiger partial charge in [-0.05, 0) is 6.08 Å². The van der Waals surface area contributed by atoms with Gasteiger partial charge in [-0.3, -0.25) is 4.79 Å². The van der Waals surface area contributed by atoms with E-state index in [2.05, 4.69) is 39.6 Å². The maximum absolute atomic E-state index is 10.7. The molecule has 0 heterocycles. The van der Waals surface area contributed by atoms with Crippen molar-refractivity contribution >= 4 is 11.9 Å². The molecule has 5 nitrogen and oxygen atoms in total. The first-order chi connectivity index (χ1) is 7.72. The second-order valence-electron chi connectivity index (χ2n) is 4.40. The summed E-state index contributed by atoms with van der Waals surface area (Å²) in [5, 5.41) is 10.3. The van der Waals surface area contributed by atoms with Crippen LogP contribution in [-0.4, -0.2) is 55.7 Å². The normalized spacial score (nSPS) is 9.06. The van der Waals surface area contributed by atoms with Crippen LogP contribution in [0, 0.1) is 0 Å². The zero-order valence-electron chi connectivity index (χ0n) is 11.3. The predicted molar refractivity (Wildman–Crippen MR) is 68.6 cm³/mol. The van der Waals surface area contributed by atoms with Gasteiger partial charge < -0.3 is 27.3 Å². The lowest BCUT2D eigenvalue weighted by molar-refractivity contribution is -0.870. The fourth-order valence-corrected chi connectivity index (χ4v) is 0.837. The molecule has 0 atom stereocenters. The van der Waals surface area contributed by atoms with Crippen molar-refractivity contribution in [1.29, 1.82) is 0 Å². The Balaban J connectivity index is -0.000000321. The molecule has 0 aromatic rings. The fraction of sp³-hybridized carbons (Fsp3) is 0.500. The van der Waals surface area contributed by atoms with E-state index in [1.807, 2.05) is 0 Å². The van der Waals surface area contributed by atoms with Crippen molar-refractivity contribution < 1.29 is 31.6 Å². The third-order valence-electron chi connectivity index (χ3n) is 1.66. The molecule has 0 rings (SSSR count). The van der Waals surface area contributed by atoms with Gasteiger partial charge in [0.1, 0.15) is 0 Å². The quantitative estimate of drug-likeness (QED) is 0.325. The van der Waals surface area contributed by atoms with Gasteiger partial charge in [0.25, 0.3) is 0 Å². The van der Waals surface area contributed by atoms with Crippen molar-refractivity contribution in [1.82, 2.24) is 5.32 Å². The van der Waals surface area contributed by atoms with E-state index in [-0.39, 0.29) is 18.3 Å². The Labute approximate surface area is 115 Å². The zero-order valence-corrected chi connectivity index (χ0v) is 12.0. The van der Waals surface area contributed by atoms with Gasteiger partial charge in [0.15, 0.2) is 0 Å². The summed E-state index contributed by atoms with van der Waals surface area (Å²) in [5.74, 6) is -1.07. The molecule has 0 aliphatic heterocycles. The monoisotopic (exact) mass is 278 g/mol. The molecule has 0 aliphatic rings. The number of aliphatic carboxylic acids is 1. The number of carboxylic acid groups (broad SMARTS) is 1. The summed E-state index contributed by atoms with van der Waals surface area (Å²) in [6, 6.07) is 0. The Kier molecular flexibility index (Phi) is 14.8. The number of carbonyl (C=O) groups is 2. The van der Waals surface area contributed by atoms with Gasteiger partial charge in [-0.2, -0.15) is 0 Å². The van der Waals surface area contributed by atoms with Crippen LogP contribution < -0.4 is 17.7 Å². The predicted octanol–water partition coefficient (Wildman–Crippen LogP) is -2.35. The Morgan fingerprint density at radius 1 is 1.22 bits per heavy atom. The molecule has 18 heavy (non-hydrogen) atoms. The van der Waals surface area contributed by atoms with Crippen LogP contribution in [0.15, 0.2) is 25.3 Å². The third-order valence-corrected chi connectivity index (χ3v) is 1.66. The van der Waals surface area contributed by atoms with Gasteiger partial charge >= 0.3 is 5.97 Å². The van der Waals surface area contributed by atoms with Crippen LogP contribution in [0.25, 0.3) is 0 Å². The smallest absolute Gasteiger partial charge is 0.327 e. The summed E-state index contributed by atoms with van der Waals surface area (Å²) in [5.41, 5.74) is 0. The highest BCUT2D eigenvalue weighted by Crippen LogP contribution is 1.91. The van der Waals surface area contributed by atoms with Crippen LogP contribution in [0.1, 0.15) is 6.42 Å². The first kappa shape index (κ1) is 21.9. The lowest BCUT2D eigenvalue weighted by atomic mass is 10.3. The first-order valence-electron chi connectivity index (χ1n) is 5.29. The van der Waals surface area contributed by atoms with Crippen molar-refractivity contribution in [2.24, 2.45) is 0 Å². The van der Waals surface area contributed by atoms with Crippen LogP contribution >= 0.6 is 0 Å². The molecule has 0 aromatic carbocycles. The number of hydrogen-bond donors (Lipinski definition) is 2. The molecular weight excluding hydrogens is 256 g/mol. The first-order valence-corrected chi connectivity index (χ1v) is 5.29. The molecule has 106 valence electrons. The minimum Gasteiger partial charge on any atom is -1.00 e. The van der Waals surface area contributed by atoms with Crippen molar-refractivity contribution in [2.45, 2.75) is 6.42 Å². The Bertz CT molecular complexity index is 273. The maximum Gasteiger partial charge on any atom is 0.327 e. The topological polar surface area (TPSA) is 66.4 Å². The summed E-state index contributed by atoms with van der Waals surface area (Å²) in [4.78, 5) is 20.0. The van der Waals surface area contributed by atoms with E-state index in [4.69, 9.17) is 5.11 Å². The number of hydrogen-bond acceptors (Lipinski definition) is 2. The molecular formula is C12H23ClN2O3. The third kappa shape index (κ3) is 24.1. The van der Waals surface area contributed by atoms with Gasteiger partial charge in [0, 0.05) is 19.0 Å². The van der Waals surface area contributed by atoms with E-state index in [1.165, 1.54) is 6.08 Å². The Morgan fingerprint density at radius 3 is 1.94 bits per heavy atom. The van der Waals surface area contributed by atoms with Crippen LogP contribution in [0.3, 0.4) is 0 Å². The van der Waals surface area contributed by atoms with Crippen molar-refractivity contribution in [3.8, 4) is 0 Å². The van der Waals surface area contributed by atoms with Gasteiger partial charge in [0.05, 0.1) is 27.7 Å². The van der Waals surface area contributed by atoms with Gasteiger partial charge in [-0.1, -0.05) is 13.2 Å². The number of carboxylic acids is 1.